The predicted molar refractivity (Wildman–Crippen MR) is 93.3 cm³/mol. The van der Waals surface area contributed by atoms with E-state index in [4.69, 9.17) is 0 Å². The third-order valence-electron chi connectivity index (χ3n) is 4.10. The number of aromatic nitrogens is 2. The van der Waals surface area contributed by atoms with Crippen molar-refractivity contribution in [2.75, 3.05) is 6.54 Å². The number of carbonyl (C=O) groups is 1. The van der Waals surface area contributed by atoms with Gasteiger partial charge in [0.1, 0.15) is 0 Å². The van der Waals surface area contributed by atoms with Crippen molar-refractivity contribution in [3.8, 4) is 0 Å². The Morgan fingerprint density at radius 2 is 1.91 bits per heavy atom. The fraction of sp³-hybridized carbons (Fsp3) is 0.474. The van der Waals surface area contributed by atoms with E-state index in [1.807, 2.05) is 29.8 Å². The van der Waals surface area contributed by atoms with Crippen molar-refractivity contribution < 1.29 is 4.79 Å². The van der Waals surface area contributed by atoms with Crippen LogP contribution >= 0.6 is 0 Å². The quantitative estimate of drug-likeness (QED) is 0.851. The van der Waals surface area contributed by atoms with Crippen molar-refractivity contribution in [1.29, 1.82) is 0 Å². The van der Waals surface area contributed by atoms with Gasteiger partial charge in [0.2, 0.25) is 5.91 Å². The first-order chi connectivity index (χ1) is 11.0. The Morgan fingerprint density at radius 3 is 2.52 bits per heavy atom. The number of amides is 1. The van der Waals surface area contributed by atoms with E-state index in [2.05, 4.69) is 49.4 Å². The van der Waals surface area contributed by atoms with Gasteiger partial charge in [-0.2, -0.15) is 5.10 Å². The summed E-state index contributed by atoms with van der Waals surface area (Å²) in [6, 6.07) is 12.2. The van der Waals surface area contributed by atoms with Crippen LogP contribution in [0.4, 0.5) is 0 Å². The summed E-state index contributed by atoms with van der Waals surface area (Å²) < 4.78 is 2.01. The molecule has 2 rings (SSSR count). The number of carbonyl (C=O) groups excluding carboxylic acids is 1. The SMILES string of the molecule is Cc1cc(C)n(C[C@H](C)CNC(=O)C[C@H](C)c2ccccc2)n1. The molecule has 2 atom stereocenters. The van der Waals surface area contributed by atoms with Gasteiger partial charge in [-0.25, -0.2) is 0 Å². The van der Waals surface area contributed by atoms with Crippen LogP contribution in [0.3, 0.4) is 0 Å². The molecule has 1 amide bonds. The van der Waals surface area contributed by atoms with E-state index in [0.29, 0.717) is 18.9 Å². The van der Waals surface area contributed by atoms with E-state index in [-0.39, 0.29) is 11.8 Å². The van der Waals surface area contributed by atoms with Gasteiger partial charge < -0.3 is 5.32 Å². The lowest BCUT2D eigenvalue weighted by molar-refractivity contribution is -0.121. The molecule has 0 radical (unpaired) electrons. The average Bonchev–Trinajstić information content (AvgIpc) is 2.83. The summed E-state index contributed by atoms with van der Waals surface area (Å²) in [6.45, 7) is 9.80. The molecule has 4 nitrogen and oxygen atoms in total. The Labute approximate surface area is 138 Å². The molecular weight excluding hydrogens is 286 g/mol. The minimum Gasteiger partial charge on any atom is -0.356 e. The average molecular weight is 313 g/mol. The molecule has 0 aliphatic rings. The second-order valence-electron chi connectivity index (χ2n) is 6.53. The van der Waals surface area contributed by atoms with Gasteiger partial charge in [0.05, 0.1) is 5.69 Å². The Morgan fingerprint density at radius 1 is 1.22 bits per heavy atom. The van der Waals surface area contributed by atoms with Crippen LogP contribution in [0.25, 0.3) is 0 Å². The summed E-state index contributed by atoms with van der Waals surface area (Å²) in [7, 11) is 0. The fourth-order valence-corrected chi connectivity index (χ4v) is 2.76. The molecule has 1 N–H and O–H groups in total. The first-order valence-corrected chi connectivity index (χ1v) is 8.28. The van der Waals surface area contributed by atoms with Crippen molar-refractivity contribution in [1.82, 2.24) is 15.1 Å². The van der Waals surface area contributed by atoms with E-state index in [1.54, 1.807) is 0 Å². The highest BCUT2D eigenvalue weighted by Gasteiger charge is 2.13. The normalized spacial score (nSPS) is 13.6. The second kappa shape index (κ2) is 7.95. The molecule has 0 unspecified atom stereocenters. The maximum absolute atomic E-state index is 12.1. The van der Waals surface area contributed by atoms with Gasteiger partial charge in [0, 0.05) is 25.2 Å². The molecule has 0 saturated heterocycles. The minimum atomic E-state index is 0.113. The number of hydrogen-bond acceptors (Lipinski definition) is 2. The highest BCUT2D eigenvalue weighted by atomic mass is 16.1. The third kappa shape index (κ3) is 5.23. The molecule has 0 aliphatic heterocycles. The maximum Gasteiger partial charge on any atom is 0.220 e. The van der Waals surface area contributed by atoms with E-state index >= 15 is 0 Å². The molecule has 0 spiro atoms. The van der Waals surface area contributed by atoms with Crippen molar-refractivity contribution >= 4 is 5.91 Å². The number of aryl methyl sites for hydroxylation is 2. The summed E-state index contributed by atoms with van der Waals surface area (Å²) in [4.78, 5) is 12.1. The van der Waals surface area contributed by atoms with Crippen LogP contribution in [0.1, 0.15) is 43.1 Å². The number of hydrogen-bond donors (Lipinski definition) is 1. The van der Waals surface area contributed by atoms with Crippen molar-refractivity contribution in [3.05, 3.63) is 53.3 Å². The molecule has 23 heavy (non-hydrogen) atoms. The zero-order chi connectivity index (χ0) is 16.8. The van der Waals surface area contributed by atoms with Crippen molar-refractivity contribution in [3.63, 3.8) is 0 Å². The lowest BCUT2D eigenvalue weighted by Gasteiger charge is -2.16. The first kappa shape index (κ1) is 17.3. The first-order valence-electron chi connectivity index (χ1n) is 8.28. The highest BCUT2D eigenvalue weighted by molar-refractivity contribution is 5.76. The Bertz CT molecular complexity index is 633. The van der Waals surface area contributed by atoms with Crippen molar-refractivity contribution in [2.24, 2.45) is 5.92 Å². The monoisotopic (exact) mass is 313 g/mol. The minimum absolute atomic E-state index is 0.113. The van der Waals surface area contributed by atoms with Gasteiger partial charge in [-0.05, 0) is 37.3 Å². The van der Waals surface area contributed by atoms with Gasteiger partial charge in [-0.1, -0.05) is 44.2 Å². The predicted octanol–water partition coefficient (Wildman–Crippen LogP) is 3.45. The smallest absolute Gasteiger partial charge is 0.220 e. The standard InChI is InChI=1S/C19H27N3O/c1-14(13-22-17(4)11-16(3)21-22)12-20-19(23)10-15(2)18-8-6-5-7-9-18/h5-9,11,14-15H,10,12-13H2,1-4H3,(H,20,23)/t14-,15+/m1/s1. The highest BCUT2D eigenvalue weighted by Crippen LogP contribution is 2.18. The van der Waals surface area contributed by atoms with Gasteiger partial charge in [0.15, 0.2) is 0 Å². The van der Waals surface area contributed by atoms with Gasteiger partial charge in [0.25, 0.3) is 0 Å². The molecule has 4 heteroatoms. The molecule has 0 aliphatic carbocycles. The largest absolute Gasteiger partial charge is 0.356 e. The van der Waals surface area contributed by atoms with Crippen LogP contribution in [0.15, 0.2) is 36.4 Å². The number of nitrogens with one attached hydrogen (secondary N) is 1. The van der Waals surface area contributed by atoms with E-state index < -0.39 is 0 Å². The van der Waals surface area contributed by atoms with Crippen LogP contribution in [-0.4, -0.2) is 22.2 Å². The topological polar surface area (TPSA) is 46.9 Å². The molecule has 124 valence electrons. The summed E-state index contributed by atoms with van der Waals surface area (Å²) in [5, 5.41) is 7.52. The Hall–Kier alpha value is -2.10. The molecule has 1 aromatic carbocycles. The molecule has 0 bridgehead atoms. The zero-order valence-corrected chi connectivity index (χ0v) is 14.5. The van der Waals surface area contributed by atoms with Crippen molar-refractivity contribution in [2.45, 2.75) is 46.6 Å². The number of rotatable bonds is 7. The Balaban J connectivity index is 1.76. The Kier molecular flexibility index (Phi) is 5.97. The summed E-state index contributed by atoms with van der Waals surface area (Å²) in [5.74, 6) is 0.702. The molecule has 0 fully saturated rings. The van der Waals surface area contributed by atoms with E-state index in [0.717, 1.165) is 12.2 Å². The zero-order valence-electron chi connectivity index (χ0n) is 14.5. The van der Waals surface area contributed by atoms with Crippen LogP contribution in [-0.2, 0) is 11.3 Å². The molecule has 2 aromatic rings. The van der Waals surface area contributed by atoms with Crippen LogP contribution in [0.5, 0.6) is 0 Å². The lowest BCUT2D eigenvalue weighted by atomic mass is 9.97. The molecule has 1 heterocycles. The summed E-state index contributed by atoms with van der Waals surface area (Å²) >= 11 is 0. The van der Waals surface area contributed by atoms with Crippen LogP contribution in [0.2, 0.25) is 0 Å². The maximum atomic E-state index is 12.1. The van der Waals surface area contributed by atoms with E-state index in [1.165, 1.54) is 11.3 Å². The second-order valence-corrected chi connectivity index (χ2v) is 6.53. The third-order valence-corrected chi connectivity index (χ3v) is 4.10. The van der Waals surface area contributed by atoms with Crippen LogP contribution < -0.4 is 5.32 Å². The molecule has 1 aromatic heterocycles. The summed E-state index contributed by atoms with van der Waals surface area (Å²) in [5.41, 5.74) is 3.41. The van der Waals surface area contributed by atoms with E-state index in [9.17, 15) is 4.79 Å². The van der Waals surface area contributed by atoms with Gasteiger partial charge in [-0.15, -0.1) is 0 Å². The molecule has 0 saturated carbocycles. The fourth-order valence-electron chi connectivity index (χ4n) is 2.76. The summed E-state index contributed by atoms with van der Waals surface area (Å²) in [6.07, 6.45) is 0.524. The number of nitrogens with zero attached hydrogens (tertiary/aromatic N) is 2. The van der Waals surface area contributed by atoms with Gasteiger partial charge >= 0.3 is 0 Å². The molecular formula is C19H27N3O. The van der Waals surface area contributed by atoms with Crippen LogP contribution in [0, 0.1) is 19.8 Å². The number of benzene rings is 1. The van der Waals surface area contributed by atoms with Gasteiger partial charge in [-0.3, -0.25) is 9.48 Å². The lowest BCUT2D eigenvalue weighted by Crippen LogP contribution is -2.31.